The highest BCUT2D eigenvalue weighted by Gasteiger charge is 2.22. The fourth-order valence-corrected chi connectivity index (χ4v) is 7.64. The van der Waals surface area contributed by atoms with Crippen molar-refractivity contribution in [3.05, 3.63) is 133 Å². The normalized spacial score (nSPS) is 11.8. The average molecular weight is 623 g/mol. The molecule has 10 aromatic rings. The Hall–Kier alpha value is -6.18. The highest BCUT2D eigenvalue weighted by atomic mass is 32.1. The second-order valence-electron chi connectivity index (χ2n) is 11.4. The molecule has 4 aromatic heterocycles. The third-order valence-corrected chi connectivity index (χ3v) is 9.73. The van der Waals surface area contributed by atoms with E-state index >= 15 is 0 Å². The molecule has 4 heterocycles. The van der Waals surface area contributed by atoms with Crippen LogP contribution in [0.1, 0.15) is 0 Å². The Morgan fingerprint density at radius 1 is 0.404 bits per heavy atom. The second-order valence-corrected chi connectivity index (χ2v) is 12.5. The first-order valence-corrected chi connectivity index (χ1v) is 16.1. The van der Waals surface area contributed by atoms with Crippen LogP contribution < -0.4 is 0 Å². The van der Waals surface area contributed by atoms with Crippen LogP contribution in [0, 0.1) is 0 Å². The molecule has 0 aliphatic heterocycles. The average Bonchev–Trinajstić information content (AvgIpc) is 3.85. The quantitative estimate of drug-likeness (QED) is 0.194. The van der Waals surface area contributed by atoms with Crippen LogP contribution in [0.3, 0.4) is 0 Å². The maximum absolute atomic E-state index is 6.44. The molecule has 7 heteroatoms. The Balaban J connectivity index is 1.27. The molecule has 0 spiro atoms. The number of aromatic nitrogens is 4. The molecule has 0 N–H and O–H groups in total. The molecule has 10 rings (SSSR count). The first-order valence-electron chi connectivity index (χ1n) is 15.3. The first kappa shape index (κ1) is 26.1. The van der Waals surface area contributed by atoms with Crippen LogP contribution in [0.15, 0.2) is 142 Å². The largest absolute Gasteiger partial charge is 0.456 e. The van der Waals surface area contributed by atoms with E-state index in [4.69, 9.17) is 28.8 Å². The molecule has 0 saturated carbocycles. The Morgan fingerprint density at radius 3 is 1.81 bits per heavy atom. The minimum Gasteiger partial charge on any atom is -0.456 e. The summed E-state index contributed by atoms with van der Waals surface area (Å²) in [4.78, 5) is 20.2. The van der Waals surface area contributed by atoms with Crippen LogP contribution in [-0.4, -0.2) is 19.9 Å². The molecule has 0 unspecified atom stereocenters. The third kappa shape index (κ3) is 4.10. The van der Waals surface area contributed by atoms with Crippen LogP contribution in [0.5, 0.6) is 0 Å². The molecule has 0 radical (unpaired) electrons. The molecule has 0 atom stereocenters. The molecule has 220 valence electrons. The SMILES string of the molecule is c1ccc(-c2nc(-c3cccc4sc5ccccc5c34)nc(-c3cccc4oc5cccc(-c6nc7ccccc7o6)c5c34)n2)cc1. The first-order chi connectivity index (χ1) is 23.3. The van der Waals surface area contributed by atoms with E-state index in [1.54, 1.807) is 11.3 Å². The molecule has 6 nitrogen and oxygen atoms in total. The highest BCUT2D eigenvalue weighted by molar-refractivity contribution is 7.25. The lowest BCUT2D eigenvalue weighted by atomic mass is 10.0. The van der Waals surface area contributed by atoms with Crippen LogP contribution >= 0.6 is 11.3 Å². The van der Waals surface area contributed by atoms with Gasteiger partial charge < -0.3 is 8.83 Å². The zero-order valence-electron chi connectivity index (χ0n) is 24.7. The summed E-state index contributed by atoms with van der Waals surface area (Å²) in [6.45, 7) is 0. The van der Waals surface area contributed by atoms with E-state index in [1.165, 1.54) is 14.8 Å². The molecule has 6 aromatic carbocycles. The molecule has 0 bridgehead atoms. The smallest absolute Gasteiger partial charge is 0.228 e. The number of furan rings is 1. The number of thiophene rings is 1. The minimum atomic E-state index is 0.534. The number of oxazole rings is 1. The molecule has 0 saturated heterocycles. The van der Waals surface area contributed by atoms with Gasteiger partial charge in [-0.2, -0.15) is 0 Å². The summed E-state index contributed by atoms with van der Waals surface area (Å²) in [5.74, 6) is 2.32. The molecule has 0 aliphatic rings. The van der Waals surface area contributed by atoms with E-state index < -0.39 is 0 Å². The fourth-order valence-electron chi connectivity index (χ4n) is 6.51. The summed E-state index contributed by atoms with van der Waals surface area (Å²) >= 11 is 1.78. The van der Waals surface area contributed by atoms with Crippen LogP contribution in [0.2, 0.25) is 0 Å². The second kappa shape index (κ2) is 10.2. The summed E-state index contributed by atoms with van der Waals surface area (Å²) in [6.07, 6.45) is 0. The van der Waals surface area contributed by atoms with E-state index in [0.29, 0.717) is 23.4 Å². The standard InChI is InChI=1S/C40H22N4O2S/c1-2-11-23(12-3-1)37-42-38(25-15-10-22-33-34(25)24-13-4-7-21-32(24)47-33)44-39(43-37)26-14-8-19-30-35(26)36-27(16-9-20-31(36)45-30)40-41-28-17-5-6-18-29(28)46-40/h1-22H. The maximum Gasteiger partial charge on any atom is 0.228 e. The number of rotatable bonds is 4. The molecule has 0 amide bonds. The Bertz CT molecular complexity index is 2780. The van der Waals surface area contributed by atoms with Gasteiger partial charge in [-0.1, -0.05) is 91.0 Å². The van der Waals surface area contributed by atoms with E-state index in [0.717, 1.165) is 60.7 Å². The molecule has 0 aliphatic carbocycles. The molecular weight excluding hydrogens is 601 g/mol. The van der Waals surface area contributed by atoms with Crippen molar-refractivity contribution in [2.45, 2.75) is 0 Å². The van der Waals surface area contributed by atoms with Gasteiger partial charge in [0.1, 0.15) is 16.7 Å². The maximum atomic E-state index is 6.44. The van der Waals surface area contributed by atoms with Gasteiger partial charge in [-0.15, -0.1) is 11.3 Å². The van der Waals surface area contributed by atoms with E-state index in [2.05, 4.69) is 48.5 Å². The van der Waals surface area contributed by atoms with Crippen LogP contribution in [-0.2, 0) is 0 Å². The van der Waals surface area contributed by atoms with E-state index in [-0.39, 0.29) is 0 Å². The summed E-state index contributed by atoms with van der Waals surface area (Å²) < 4.78 is 15.1. The monoisotopic (exact) mass is 622 g/mol. The Kier molecular flexibility index (Phi) is 5.64. The lowest BCUT2D eigenvalue weighted by Crippen LogP contribution is -2.00. The van der Waals surface area contributed by atoms with Crippen molar-refractivity contribution in [1.82, 2.24) is 19.9 Å². The van der Waals surface area contributed by atoms with Crippen molar-refractivity contribution in [1.29, 1.82) is 0 Å². The zero-order valence-corrected chi connectivity index (χ0v) is 25.5. The van der Waals surface area contributed by atoms with Gasteiger partial charge >= 0.3 is 0 Å². The number of para-hydroxylation sites is 2. The van der Waals surface area contributed by atoms with Crippen LogP contribution in [0.25, 0.3) is 98.8 Å². The van der Waals surface area contributed by atoms with Gasteiger partial charge in [0, 0.05) is 53.2 Å². The predicted octanol–water partition coefficient (Wildman–Crippen LogP) is 10.9. The summed E-state index contributed by atoms with van der Waals surface area (Å²) in [5.41, 5.74) is 6.57. The van der Waals surface area contributed by atoms with Gasteiger partial charge in [0.2, 0.25) is 5.89 Å². The zero-order chi connectivity index (χ0) is 30.9. The summed E-state index contributed by atoms with van der Waals surface area (Å²) in [5, 5.41) is 4.14. The molecular formula is C40H22N4O2S. The topological polar surface area (TPSA) is 77.8 Å². The van der Waals surface area contributed by atoms with Gasteiger partial charge in [0.25, 0.3) is 0 Å². The van der Waals surface area contributed by atoms with Gasteiger partial charge in [-0.05, 0) is 42.5 Å². The molecule has 47 heavy (non-hydrogen) atoms. The van der Waals surface area contributed by atoms with Crippen molar-refractivity contribution in [3.63, 3.8) is 0 Å². The predicted molar refractivity (Wildman–Crippen MR) is 189 cm³/mol. The van der Waals surface area contributed by atoms with Crippen molar-refractivity contribution in [2.24, 2.45) is 0 Å². The molecule has 0 fully saturated rings. The van der Waals surface area contributed by atoms with E-state index in [1.807, 2.05) is 84.9 Å². The summed E-state index contributed by atoms with van der Waals surface area (Å²) in [7, 11) is 0. The van der Waals surface area contributed by atoms with Crippen molar-refractivity contribution >= 4 is 64.5 Å². The highest BCUT2D eigenvalue weighted by Crippen LogP contribution is 2.43. The van der Waals surface area contributed by atoms with Crippen molar-refractivity contribution in [2.75, 3.05) is 0 Å². The number of nitrogens with zero attached hydrogens (tertiary/aromatic N) is 4. The van der Waals surface area contributed by atoms with Gasteiger partial charge in [-0.3, -0.25) is 0 Å². The van der Waals surface area contributed by atoms with Crippen molar-refractivity contribution in [3.8, 4) is 45.6 Å². The van der Waals surface area contributed by atoms with E-state index in [9.17, 15) is 0 Å². The fraction of sp³-hybridized carbons (Fsp3) is 0. The summed E-state index contributed by atoms with van der Waals surface area (Å²) in [6, 6.07) is 44.7. The Morgan fingerprint density at radius 2 is 1.00 bits per heavy atom. The third-order valence-electron chi connectivity index (χ3n) is 8.60. The van der Waals surface area contributed by atoms with Crippen LogP contribution in [0.4, 0.5) is 0 Å². The number of hydrogen-bond acceptors (Lipinski definition) is 7. The lowest BCUT2D eigenvalue weighted by Gasteiger charge is -2.10. The van der Waals surface area contributed by atoms with Gasteiger partial charge in [0.05, 0.1) is 0 Å². The minimum absolute atomic E-state index is 0.534. The Labute approximate surface area is 271 Å². The van der Waals surface area contributed by atoms with Gasteiger partial charge in [-0.25, -0.2) is 19.9 Å². The number of fused-ring (bicyclic) bond motifs is 7. The van der Waals surface area contributed by atoms with Gasteiger partial charge in [0.15, 0.2) is 23.1 Å². The lowest BCUT2D eigenvalue weighted by molar-refractivity contribution is 0.620. The number of hydrogen-bond donors (Lipinski definition) is 0. The number of benzene rings is 6. The van der Waals surface area contributed by atoms with Crippen molar-refractivity contribution < 1.29 is 8.83 Å².